The molecule has 1 fully saturated rings. The zero-order valence-corrected chi connectivity index (χ0v) is 12.1. The predicted molar refractivity (Wildman–Crippen MR) is 83.1 cm³/mol. The van der Waals surface area contributed by atoms with Gasteiger partial charge in [0.25, 0.3) is 5.91 Å². The van der Waals surface area contributed by atoms with E-state index in [0.29, 0.717) is 18.0 Å². The molecule has 0 aliphatic carbocycles. The first-order valence-corrected chi connectivity index (χ1v) is 7.33. The van der Waals surface area contributed by atoms with Gasteiger partial charge in [-0.1, -0.05) is 30.3 Å². The Bertz CT molecular complexity index is 679. The van der Waals surface area contributed by atoms with Crippen LogP contribution in [0.2, 0.25) is 0 Å². The number of carbonyl (C=O) groups is 2. The molecule has 0 aromatic heterocycles. The molecule has 0 saturated carbocycles. The number of rotatable bonds is 3. The van der Waals surface area contributed by atoms with Crippen molar-refractivity contribution in [3.05, 3.63) is 71.3 Å². The van der Waals surface area contributed by atoms with E-state index in [1.165, 1.54) is 17.7 Å². The van der Waals surface area contributed by atoms with Crippen molar-refractivity contribution in [2.24, 2.45) is 0 Å². The highest BCUT2D eigenvalue weighted by atomic mass is 16.4. The highest BCUT2D eigenvalue weighted by Crippen LogP contribution is 2.27. The van der Waals surface area contributed by atoms with E-state index in [1.54, 1.807) is 12.1 Å². The zero-order valence-electron chi connectivity index (χ0n) is 12.1. The molecule has 1 aliphatic heterocycles. The summed E-state index contributed by atoms with van der Waals surface area (Å²) in [6.07, 6.45) is 0.961. The topological polar surface area (TPSA) is 57.6 Å². The Labute approximate surface area is 129 Å². The number of carboxylic acid groups (broad SMARTS) is 1. The van der Waals surface area contributed by atoms with Crippen LogP contribution < -0.4 is 0 Å². The molecule has 0 spiro atoms. The van der Waals surface area contributed by atoms with E-state index in [0.717, 1.165) is 13.0 Å². The van der Waals surface area contributed by atoms with Gasteiger partial charge in [0.2, 0.25) is 0 Å². The lowest BCUT2D eigenvalue weighted by Gasteiger charge is -2.17. The fraction of sp³-hybridized carbons (Fsp3) is 0.222. The summed E-state index contributed by atoms with van der Waals surface area (Å²) >= 11 is 0. The molecule has 4 heteroatoms. The molecule has 3 rings (SSSR count). The molecule has 1 amide bonds. The van der Waals surface area contributed by atoms with Crippen molar-refractivity contribution >= 4 is 11.9 Å². The van der Waals surface area contributed by atoms with E-state index in [9.17, 15) is 9.59 Å². The van der Waals surface area contributed by atoms with Gasteiger partial charge in [-0.2, -0.15) is 0 Å². The van der Waals surface area contributed by atoms with Gasteiger partial charge in [0, 0.05) is 24.6 Å². The predicted octanol–water partition coefficient (Wildman–Crippen LogP) is 3.01. The van der Waals surface area contributed by atoms with E-state index in [2.05, 4.69) is 12.1 Å². The van der Waals surface area contributed by atoms with Gasteiger partial charge in [0.1, 0.15) is 0 Å². The standard InChI is InChI=1S/C18H17NO3/c20-17(14-6-8-15(9-7-14)18(21)22)19-11-10-16(12-19)13-4-2-1-3-5-13/h1-9,16H,10-12H2,(H,21,22)/t16-/m1/s1. The summed E-state index contributed by atoms with van der Waals surface area (Å²) in [5, 5.41) is 8.89. The van der Waals surface area contributed by atoms with Crippen molar-refractivity contribution in [1.29, 1.82) is 0 Å². The van der Waals surface area contributed by atoms with E-state index < -0.39 is 5.97 Å². The van der Waals surface area contributed by atoms with Gasteiger partial charge in [-0.3, -0.25) is 4.79 Å². The van der Waals surface area contributed by atoms with Gasteiger partial charge >= 0.3 is 5.97 Å². The van der Waals surface area contributed by atoms with Crippen LogP contribution in [-0.4, -0.2) is 35.0 Å². The molecule has 1 heterocycles. The summed E-state index contributed by atoms with van der Waals surface area (Å²) in [7, 11) is 0. The number of carbonyl (C=O) groups excluding carboxylic acids is 1. The van der Waals surface area contributed by atoms with Crippen molar-refractivity contribution in [2.75, 3.05) is 13.1 Å². The van der Waals surface area contributed by atoms with Crippen molar-refractivity contribution in [3.8, 4) is 0 Å². The van der Waals surface area contributed by atoms with E-state index in [-0.39, 0.29) is 11.5 Å². The number of hydrogen-bond acceptors (Lipinski definition) is 2. The highest BCUT2D eigenvalue weighted by molar-refractivity contribution is 5.96. The van der Waals surface area contributed by atoms with Crippen molar-refractivity contribution in [3.63, 3.8) is 0 Å². The van der Waals surface area contributed by atoms with E-state index in [4.69, 9.17) is 5.11 Å². The minimum absolute atomic E-state index is 0.0321. The minimum atomic E-state index is -0.982. The quantitative estimate of drug-likeness (QED) is 0.947. The lowest BCUT2D eigenvalue weighted by molar-refractivity contribution is 0.0695. The molecular formula is C18H17NO3. The van der Waals surface area contributed by atoms with Gasteiger partial charge in [-0.05, 0) is 36.2 Å². The summed E-state index contributed by atoms with van der Waals surface area (Å²) in [6, 6.07) is 16.3. The largest absolute Gasteiger partial charge is 0.478 e. The van der Waals surface area contributed by atoms with Crippen LogP contribution >= 0.6 is 0 Å². The number of benzene rings is 2. The summed E-state index contributed by atoms with van der Waals surface area (Å²) in [6.45, 7) is 1.45. The van der Waals surface area contributed by atoms with Crippen LogP contribution in [0.1, 0.15) is 38.6 Å². The second kappa shape index (κ2) is 6.02. The maximum Gasteiger partial charge on any atom is 0.335 e. The Morgan fingerprint density at radius 3 is 2.23 bits per heavy atom. The normalized spacial score (nSPS) is 17.5. The third kappa shape index (κ3) is 2.86. The Morgan fingerprint density at radius 2 is 1.59 bits per heavy atom. The van der Waals surface area contributed by atoms with Crippen LogP contribution in [0.25, 0.3) is 0 Å². The second-order valence-corrected chi connectivity index (χ2v) is 5.53. The van der Waals surface area contributed by atoms with Crippen molar-refractivity contribution in [2.45, 2.75) is 12.3 Å². The molecule has 1 aliphatic rings. The zero-order chi connectivity index (χ0) is 15.5. The smallest absolute Gasteiger partial charge is 0.335 e. The number of carboxylic acids is 1. The Hall–Kier alpha value is -2.62. The fourth-order valence-corrected chi connectivity index (χ4v) is 2.88. The summed E-state index contributed by atoms with van der Waals surface area (Å²) in [4.78, 5) is 25.2. The lowest BCUT2D eigenvalue weighted by Crippen LogP contribution is -2.28. The molecule has 2 aromatic carbocycles. The van der Waals surface area contributed by atoms with Crippen LogP contribution in [-0.2, 0) is 0 Å². The maximum atomic E-state index is 12.5. The molecule has 112 valence electrons. The fourth-order valence-electron chi connectivity index (χ4n) is 2.88. The third-order valence-electron chi connectivity index (χ3n) is 4.13. The third-order valence-corrected chi connectivity index (χ3v) is 4.13. The number of aromatic carboxylic acids is 1. The van der Waals surface area contributed by atoms with Crippen LogP contribution in [0.5, 0.6) is 0 Å². The summed E-state index contributed by atoms with van der Waals surface area (Å²) < 4.78 is 0. The molecule has 22 heavy (non-hydrogen) atoms. The average Bonchev–Trinajstić information content (AvgIpc) is 3.05. The molecule has 0 bridgehead atoms. The first-order valence-electron chi connectivity index (χ1n) is 7.33. The van der Waals surface area contributed by atoms with Gasteiger partial charge in [-0.25, -0.2) is 4.79 Å². The summed E-state index contributed by atoms with van der Waals surface area (Å²) in [5.41, 5.74) is 2.00. The number of nitrogens with zero attached hydrogens (tertiary/aromatic N) is 1. The SMILES string of the molecule is O=C(O)c1ccc(C(=O)N2CC[C@@H](c3ccccc3)C2)cc1. The monoisotopic (exact) mass is 295 g/mol. The van der Waals surface area contributed by atoms with Crippen LogP contribution in [0.15, 0.2) is 54.6 Å². The Kier molecular flexibility index (Phi) is 3.92. The van der Waals surface area contributed by atoms with E-state index in [1.807, 2.05) is 23.1 Å². The Morgan fingerprint density at radius 1 is 0.955 bits per heavy atom. The average molecular weight is 295 g/mol. The first kappa shape index (κ1) is 14.3. The van der Waals surface area contributed by atoms with Crippen molar-refractivity contribution in [1.82, 2.24) is 4.90 Å². The van der Waals surface area contributed by atoms with E-state index >= 15 is 0 Å². The molecule has 2 aromatic rings. The molecule has 0 radical (unpaired) electrons. The second-order valence-electron chi connectivity index (χ2n) is 5.53. The minimum Gasteiger partial charge on any atom is -0.478 e. The molecule has 4 nitrogen and oxygen atoms in total. The maximum absolute atomic E-state index is 12.5. The van der Waals surface area contributed by atoms with Gasteiger partial charge in [0.15, 0.2) is 0 Å². The lowest BCUT2D eigenvalue weighted by atomic mass is 9.99. The first-order chi connectivity index (χ1) is 10.6. The highest BCUT2D eigenvalue weighted by Gasteiger charge is 2.27. The van der Waals surface area contributed by atoms with Crippen LogP contribution in [0.3, 0.4) is 0 Å². The molecule has 0 unspecified atom stereocenters. The molecule has 1 saturated heterocycles. The molecule has 1 atom stereocenters. The molecule has 1 N–H and O–H groups in total. The van der Waals surface area contributed by atoms with Gasteiger partial charge in [0.05, 0.1) is 5.56 Å². The Balaban J connectivity index is 1.70. The van der Waals surface area contributed by atoms with Gasteiger partial charge in [-0.15, -0.1) is 0 Å². The number of hydrogen-bond donors (Lipinski definition) is 1. The molecular weight excluding hydrogens is 278 g/mol. The number of amides is 1. The van der Waals surface area contributed by atoms with Crippen molar-refractivity contribution < 1.29 is 14.7 Å². The van der Waals surface area contributed by atoms with Gasteiger partial charge < -0.3 is 10.0 Å². The van der Waals surface area contributed by atoms with Crippen LogP contribution in [0, 0.1) is 0 Å². The van der Waals surface area contributed by atoms with Crippen LogP contribution in [0.4, 0.5) is 0 Å². The summed E-state index contributed by atoms with van der Waals surface area (Å²) in [5.74, 6) is -0.636. The number of likely N-dealkylation sites (tertiary alicyclic amines) is 1.